The largest absolute Gasteiger partial charge is 0.352 e. The first-order valence-electron chi connectivity index (χ1n) is 9.04. The van der Waals surface area contributed by atoms with Gasteiger partial charge in [0.05, 0.1) is 11.4 Å². The van der Waals surface area contributed by atoms with Crippen molar-refractivity contribution >= 4 is 17.5 Å². The molecule has 28 heavy (non-hydrogen) atoms. The molecule has 4 rings (SSSR count). The molecule has 2 N–H and O–H groups in total. The Morgan fingerprint density at radius 1 is 1.21 bits per heavy atom. The van der Waals surface area contributed by atoms with E-state index in [4.69, 9.17) is 0 Å². The summed E-state index contributed by atoms with van der Waals surface area (Å²) in [5, 5.41) is 10.3. The van der Waals surface area contributed by atoms with Crippen molar-refractivity contribution in [2.75, 3.05) is 11.9 Å². The van der Waals surface area contributed by atoms with Gasteiger partial charge in [-0.15, -0.1) is 0 Å². The van der Waals surface area contributed by atoms with Crippen LogP contribution in [-0.4, -0.2) is 28.1 Å². The van der Waals surface area contributed by atoms with Crippen molar-refractivity contribution in [1.29, 1.82) is 0 Å². The number of hydrogen-bond donors (Lipinski definition) is 2. The highest BCUT2D eigenvalue weighted by molar-refractivity contribution is 5.99. The van der Waals surface area contributed by atoms with E-state index in [9.17, 15) is 9.59 Å². The van der Waals surface area contributed by atoms with E-state index in [2.05, 4.69) is 28.4 Å². The Kier molecular flexibility index (Phi) is 4.53. The van der Waals surface area contributed by atoms with Crippen LogP contribution in [0, 0.1) is 0 Å². The number of rotatable bonds is 4. The van der Waals surface area contributed by atoms with Gasteiger partial charge in [-0.1, -0.05) is 24.8 Å². The topological polar surface area (TPSA) is 76.0 Å². The molecule has 0 aliphatic carbocycles. The second kappa shape index (κ2) is 7.15. The maximum atomic E-state index is 12.0. The van der Waals surface area contributed by atoms with E-state index in [1.54, 1.807) is 0 Å². The van der Waals surface area contributed by atoms with Crippen molar-refractivity contribution in [3.63, 3.8) is 0 Å². The molecule has 0 fully saturated rings. The van der Waals surface area contributed by atoms with Crippen LogP contribution in [0.1, 0.15) is 15.9 Å². The zero-order valence-corrected chi connectivity index (χ0v) is 15.5. The predicted molar refractivity (Wildman–Crippen MR) is 109 cm³/mol. The maximum Gasteiger partial charge on any atom is 0.251 e. The molecule has 1 aliphatic rings. The number of nitrogens with one attached hydrogen (secondary N) is 2. The van der Waals surface area contributed by atoms with Gasteiger partial charge in [-0.05, 0) is 48.4 Å². The number of aromatic nitrogens is 2. The average Bonchev–Trinajstić information content (AvgIpc) is 3.10. The fourth-order valence-electron chi connectivity index (χ4n) is 3.42. The number of benzene rings is 2. The molecule has 0 radical (unpaired) electrons. The fraction of sp³-hybridized carbons (Fsp3) is 0.136. The first-order valence-corrected chi connectivity index (χ1v) is 9.04. The summed E-state index contributed by atoms with van der Waals surface area (Å²) in [6, 6.07) is 15.4. The van der Waals surface area contributed by atoms with Crippen molar-refractivity contribution in [2.45, 2.75) is 6.42 Å². The molecule has 0 bridgehead atoms. The summed E-state index contributed by atoms with van der Waals surface area (Å²) in [4.78, 5) is 23.5. The molecule has 6 heteroatoms. The van der Waals surface area contributed by atoms with E-state index >= 15 is 0 Å². The third kappa shape index (κ3) is 3.32. The molecule has 0 saturated carbocycles. The Labute approximate surface area is 162 Å². The van der Waals surface area contributed by atoms with Crippen molar-refractivity contribution in [1.82, 2.24) is 15.1 Å². The van der Waals surface area contributed by atoms with Gasteiger partial charge in [0.15, 0.2) is 0 Å². The number of anilines is 1. The van der Waals surface area contributed by atoms with Gasteiger partial charge in [0.2, 0.25) is 5.91 Å². The van der Waals surface area contributed by atoms with Crippen LogP contribution in [-0.2, 0) is 18.3 Å². The van der Waals surface area contributed by atoms with E-state index in [0.717, 1.165) is 40.1 Å². The lowest BCUT2D eigenvalue weighted by atomic mass is 9.96. The van der Waals surface area contributed by atoms with E-state index in [1.165, 1.54) is 6.08 Å². The summed E-state index contributed by atoms with van der Waals surface area (Å²) < 4.78 is 1.83. The van der Waals surface area contributed by atoms with Gasteiger partial charge in [0.25, 0.3) is 5.91 Å². The summed E-state index contributed by atoms with van der Waals surface area (Å²) in [5.74, 6) is -0.270. The fourth-order valence-corrected chi connectivity index (χ4v) is 3.42. The van der Waals surface area contributed by atoms with Gasteiger partial charge in [-0.3, -0.25) is 14.3 Å². The van der Waals surface area contributed by atoms with Crippen LogP contribution < -0.4 is 10.6 Å². The molecule has 0 atom stereocenters. The van der Waals surface area contributed by atoms with Crippen LogP contribution >= 0.6 is 0 Å². The Morgan fingerprint density at radius 3 is 2.89 bits per heavy atom. The minimum absolute atomic E-state index is 0.0168. The van der Waals surface area contributed by atoms with Gasteiger partial charge in [0, 0.05) is 36.0 Å². The summed E-state index contributed by atoms with van der Waals surface area (Å²) in [6.45, 7) is 4.13. The number of hydrogen-bond acceptors (Lipinski definition) is 3. The summed E-state index contributed by atoms with van der Waals surface area (Å²) in [5.41, 5.74) is 6.18. The SMILES string of the molecule is C=CC(=O)Nc1cccc(-c2cc(-c3ccc4c(c3)CCNC4=O)n(C)n2)c1. The van der Waals surface area contributed by atoms with Gasteiger partial charge < -0.3 is 10.6 Å². The molecule has 6 nitrogen and oxygen atoms in total. The minimum Gasteiger partial charge on any atom is -0.352 e. The molecule has 1 aliphatic heterocycles. The summed E-state index contributed by atoms with van der Waals surface area (Å²) in [6.07, 6.45) is 2.06. The Bertz CT molecular complexity index is 1100. The molecule has 140 valence electrons. The van der Waals surface area contributed by atoms with Crippen molar-refractivity contribution < 1.29 is 9.59 Å². The first-order chi connectivity index (χ1) is 13.5. The second-order valence-corrected chi connectivity index (χ2v) is 6.69. The number of fused-ring (bicyclic) bond motifs is 1. The predicted octanol–water partition coefficient (Wildman–Crippen LogP) is 3.16. The molecule has 0 spiro atoms. The minimum atomic E-state index is -0.253. The number of aryl methyl sites for hydroxylation is 1. The van der Waals surface area contributed by atoms with Crippen LogP contribution in [0.3, 0.4) is 0 Å². The van der Waals surface area contributed by atoms with E-state index in [0.29, 0.717) is 12.2 Å². The normalized spacial score (nSPS) is 12.8. The van der Waals surface area contributed by atoms with E-state index < -0.39 is 0 Å². The van der Waals surface area contributed by atoms with Crippen molar-refractivity contribution in [3.8, 4) is 22.5 Å². The quantitative estimate of drug-likeness (QED) is 0.691. The second-order valence-electron chi connectivity index (χ2n) is 6.69. The lowest BCUT2D eigenvalue weighted by Gasteiger charge is -2.17. The Hall–Kier alpha value is -3.67. The zero-order valence-electron chi connectivity index (χ0n) is 15.5. The average molecular weight is 372 g/mol. The van der Waals surface area contributed by atoms with Gasteiger partial charge in [0.1, 0.15) is 0 Å². The molecule has 2 aromatic carbocycles. The van der Waals surface area contributed by atoms with Gasteiger partial charge in [-0.2, -0.15) is 5.10 Å². The monoisotopic (exact) mass is 372 g/mol. The highest BCUT2D eigenvalue weighted by Crippen LogP contribution is 2.29. The molecule has 1 aromatic heterocycles. The third-order valence-corrected chi connectivity index (χ3v) is 4.82. The standard InChI is InChI=1S/C22H20N4O2/c1-3-21(27)24-17-6-4-5-15(12-17)19-13-20(26(2)25-19)16-7-8-18-14(11-16)9-10-23-22(18)28/h3-8,11-13H,1,9-10H2,2H3,(H,23,28)(H,24,27). The Morgan fingerprint density at radius 2 is 2.07 bits per heavy atom. The summed E-state index contributed by atoms with van der Waals surface area (Å²) >= 11 is 0. The summed E-state index contributed by atoms with van der Waals surface area (Å²) in [7, 11) is 1.90. The number of amides is 2. The highest BCUT2D eigenvalue weighted by Gasteiger charge is 2.18. The molecule has 2 amide bonds. The van der Waals surface area contributed by atoms with Crippen LogP contribution in [0.5, 0.6) is 0 Å². The highest BCUT2D eigenvalue weighted by atomic mass is 16.2. The number of nitrogens with zero attached hydrogens (tertiary/aromatic N) is 2. The van der Waals surface area contributed by atoms with Crippen LogP contribution in [0.4, 0.5) is 5.69 Å². The lowest BCUT2D eigenvalue weighted by Crippen LogP contribution is -2.31. The smallest absolute Gasteiger partial charge is 0.251 e. The number of carbonyl (C=O) groups is 2. The van der Waals surface area contributed by atoms with Gasteiger partial charge in [-0.25, -0.2) is 0 Å². The molecule has 0 unspecified atom stereocenters. The van der Waals surface area contributed by atoms with E-state index in [1.807, 2.05) is 54.2 Å². The van der Waals surface area contributed by atoms with Crippen LogP contribution in [0.2, 0.25) is 0 Å². The maximum absolute atomic E-state index is 12.0. The van der Waals surface area contributed by atoms with Crippen LogP contribution in [0.15, 0.2) is 61.2 Å². The van der Waals surface area contributed by atoms with Crippen LogP contribution in [0.25, 0.3) is 22.5 Å². The number of carbonyl (C=O) groups excluding carboxylic acids is 2. The lowest BCUT2D eigenvalue weighted by molar-refractivity contribution is -0.111. The molecular weight excluding hydrogens is 352 g/mol. The molecule has 2 heterocycles. The third-order valence-electron chi connectivity index (χ3n) is 4.82. The zero-order chi connectivity index (χ0) is 19.7. The van der Waals surface area contributed by atoms with Gasteiger partial charge >= 0.3 is 0 Å². The molecular formula is C22H20N4O2. The first kappa shape index (κ1) is 17.7. The van der Waals surface area contributed by atoms with E-state index in [-0.39, 0.29) is 11.8 Å². The van der Waals surface area contributed by atoms with Crippen molar-refractivity contribution in [3.05, 3.63) is 72.3 Å². The van der Waals surface area contributed by atoms with Crippen molar-refractivity contribution in [2.24, 2.45) is 7.05 Å². The molecule has 3 aromatic rings. The Balaban J connectivity index is 1.68. The molecule has 0 saturated heterocycles.